The van der Waals surface area contributed by atoms with E-state index in [1.807, 2.05) is 72.8 Å². The van der Waals surface area contributed by atoms with E-state index in [1.165, 1.54) is 32.4 Å². The van der Waals surface area contributed by atoms with Gasteiger partial charge < -0.3 is 18.8 Å². The fourth-order valence-corrected chi connectivity index (χ4v) is 4.37. The monoisotopic (exact) mass is 461 g/mol. The quantitative estimate of drug-likeness (QED) is 0.251. The molecular weight excluding hydrogens is 434 g/mol. The Kier molecular flexibility index (Phi) is 6.84. The average Bonchev–Trinajstić information content (AvgIpc) is 3.28. The van der Waals surface area contributed by atoms with Crippen molar-refractivity contribution in [2.75, 3.05) is 26.2 Å². The van der Waals surface area contributed by atoms with Crippen LogP contribution >= 0.6 is 11.6 Å². The average molecular weight is 462 g/mol. The molecule has 2 heterocycles. The number of ether oxygens (including phenoxy) is 2. The zero-order valence-electron chi connectivity index (χ0n) is 18.6. The first-order chi connectivity index (χ1) is 16.2. The van der Waals surface area contributed by atoms with Crippen LogP contribution in [0.3, 0.4) is 0 Å². The van der Waals surface area contributed by atoms with Gasteiger partial charge in [0.1, 0.15) is 28.6 Å². The smallest absolute Gasteiger partial charge is 0.135 e. The molecule has 0 atom stereocenters. The lowest BCUT2D eigenvalue weighted by Gasteiger charge is -2.26. The maximum Gasteiger partial charge on any atom is 0.135 e. The Labute approximate surface area is 199 Å². The maximum absolute atomic E-state index is 6.06. The number of furan rings is 1. The molecule has 1 fully saturated rings. The van der Waals surface area contributed by atoms with Gasteiger partial charge >= 0.3 is 0 Å². The minimum atomic E-state index is 0.686. The number of hydrogen-bond acceptors (Lipinski definition) is 4. The van der Waals surface area contributed by atoms with Crippen LogP contribution in [-0.2, 0) is 0 Å². The van der Waals surface area contributed by atoms with Gasteiger partial charge in [0, 0.05) is 22.5 Å². The molecule has 33 heavy (non-hydrogen) atoms. The number of hydrogen-bond donors (Lipinski definition) is 0. The fourth-order valence-electron chi connectivity index (χ4n) is 4.24. The Hall–Kier alpha value is -2.95. The van der Waals surface area contributed by atoms with Gasteiger partial charge in [-0.3, -0.25) is 0 Å². The van der Waals surface area contributed by atoms with Gasteiger partial charge in [-0.15, -0.1) is 0 Å². The zero-order chi connectivity index (χ0) is 22.5. The lowest BCUT2D eigenvalue weighted by atomic mass is 10.1. The van der Waals surface area contributed by atoms with E-state index in [0.717, 1.165) is 59.1 Å². The number of benzene rings is 3. The molecule has 4 nitrogen and oxygen atoms in total. The van der Waals surface area contributed by atoms with Gasteiger partial charge in [0.25, 0.3) is 0 Å². The first kappa shape index (κ1) is 21.9. The second-order valence-corrected chi connectivity index (χ2v) is 8.93. The predicted octanol–water partition coefficient (Wildman–Crippen LogP) is 7.80. The number of likely N-dealkylation sites (tertiary alicyclic amines) is 1. The second kappa shape index (κ2) is 10.3. The van der Waals surface area contributed by atoms with Crippen LogP contribution in [0.5, 0.6) is 17.2 Å². The highest BCUT2D eigenvalue weighted by atomic mass is 35.5. The number of nitrogens with zero attached hydrogens (tertiary/aromatic N) is 1. The highest BCUT2D eigenvalue weighted by Crippen LogP contribution is 2.32. The molecule has 0 amide bonds. The molecule has 1 saturated heterocycles. The fraction of sp³-hybridized carbons (Fsp3) is 0.286. The van der Waals surface area contributed by atoms with Crippen molar-refractivity contribution in [3.8, 4) is 28.6 Å². The molecule has 3 aromatic carbocycles. The number of piperidine rings is 1. The van der Waals surface area contributed by atoms with E-state index in [9.17, 15) is 0 Å². The molecule has 1 aliphatic heterocycles. The molecule has 0 aliphatic carbocycles. The molecule has 0 radical (unpaired) electrons. The zero-order valence-corrected chi connectivity index (χ0v) is 19.4. The van der Waals surface area contributed by atoms with E-state index in [-0.39, 0.29) is 0 Å². The molecule has 170 valence electrons. The Balaban J connectivity index is 1.19. The van der Waals surface area contributed by atoms with E-state index in [0.29, 0.717) is 5.02 Å². The van der Waals surface area contributed by atoms with E-state index < -0.39 is 0 Å². The summed E-state index contributed by atoms with van der Waals surface area (Å²) in [5, 5.41) is 1.68. The topological polar surface area (TPSA) is 34.8 Å². The third kappa shape index (κ3) is 5.70. The normalized spacial score (nSPS) is 14.5. The van der Waals surface area contributed by atoms with Crippen LogP contribution < -0.4 is 9.47 Å². The standard InChI is InChI=1S/C28H28ClNO3/c29-23-7-11-25(12-8-23)32-26-13-14-27-22(19-26)20-28(33-27)21-5-9-24(10-6-21)31-18-4-17-30-15-2-1-3-16-30/h5-14,19-20H,1-4,15-18H2. The van der Waals surface area contributed by atoms with Crippen LogP contribution in [0.2, 0.25) is 5.02 Å². The molecule has 0 N–H and O–H groups in total. The van der Waals surface area contributed by atoms with Gasteiger partial charge in [0.05, 0.1) is 6.61 Å². The molecular formula is C28H28ClNO3. The molecule has 0 bridgehead atoms. The van der Waals surface area contributed by atoms with E-state index >= 15 is 0 Å². The number of fused-ring (bicyclic) bond motifs is 1. The van der Waals surface area contributed by atoms with Crippen molar-refractivity contribution in [3.63, 3.8) is 0 Å². The molecule has 1 aromatic heterocycles. The van der Waals surface area contributed by atoms with Crippen LogP contribution in [-0.4, -0.2) is 31.1 Å². The summed E-state index contributed by atoms with van der Waals surface area (Å²) in [6, 6.07) is 23.3. The van der Waals surface area contributed by atoms with E-state index in [4.69, 9.17) is 25.5 Å². The molecule has 0 saturated carbocycles. The summed E-state index contributed by atoms with van der Waals surface area (Å²) in [6.45, 7) is 4.35. The first-order valence-corrected chi connectivity index (χ1v) is 12.0. The Morgan fingerprint density at radius 3 is 2.30 bits per heavy atom. The second-order valence-electron chi connectivity index (χ2n) is 8.49. The summed E-state index contributed by atoms with van der Waals surface area (Å²) in [7, 11) is 0. The van der Waals surface area contributed by atoms with Crippen LogP contribution in [0, 0.1) is 0 Å². The Morgan fingerprint density at radius 2 is 1.52 bits per heavy atom. The van der Waals surface area contributed by atoms with Crippen molar-refractivity contribution in [2.45, 2.75) is 25.7 Å². The highest BCUT2D eigenvalue weighted by molar-refractivity contribution is 6.30. The molecule has 0 unspecified atom stereocenters. The van der Waals surface area contributed by atoms with Gasteiger partial charge in [-0.2, -0.15) is 0 Å². The summed E-state index contributed by atoms with van der Waals surface area (Å²) in [4.78, 5) is 2.55. The summed E-state index contributed by atoms with van der Waals surface area (Å²) in [5.74, 6) is 3.22. The van der Waals surface area contributed by atoms with E-state index in [2.05, 4.69) is 4.90 Å². The molecule has 1 aliphatic rings. The van der Waals surface area contributed by atoms with Crippen molar-refractivity contribution in [1.82, 2.24) is 4.90 Å². The van der Waals surface area contributed by atoms with Gasteiger partial charge in [0.2, 0.25) is 0 Å². The van der Waals surface area contributed by atoms with Crippen molar-refractivity contribution < 1.29 is 13.9 Å². The Morgan fingerprint density at radius 1 is 0.788 bits per heavy atom. The van der Waals surface area contributed by atoms with Crippen molar-refractivity contribution in [3.05, 3.63) is 77.8 Å². The van der Waals surface area contributed by atoms with Crippen LogP contribution in [0.1, 0.15) is 25.7 Å². The first-order valence-electron chi connectivity index (χ1n) is 11.7. The summed E-state index contributed by atoms with van der Waals surface area (Å²) < 4.78 is 17.9. The third-order valence-corrected chi connectivity index (χ3v) is 6.26. The summed E-state index contributed by atoms with van der Waals surface area (Å²) >= 11 is 5.95. The molecule has 4 aromatic rings. The van der Waals surface area contributed by atoms with Gasteiger partial charge in [-0.05, 0) is 105 Å². The summed E-state index contributed by atoms with van der Waals surface area (Å²) in [6.07, 6.45) is 5.11. The van der Waals surface area contributed by atoms with Crippen molar-refractivity contribution in [2.24, 2.45) is 0 Å². The Bertz CT molecular complexity index is 1180. The lowest BCUT2D eigenvalue weighted by molar-refractivity contribution is 0.205. The van der Waals surface area contributed by atoms with Gasteiger partial charge in [0.15, 0.2) is 0 Å². The van der Waals surface area contributed by atoms with Crippen molar-refractivity contribution >= 4 is 22.6 Å². The molecule has 0 spiro atoms. The van der Waals surface area contributed by atoms with Crippen LogP contribution in [0.4, 0.5) is 0 Å². The van der Waals surface area contributed by atoms with Crippen LogP contribution in [0.15, 0.2) is 77.2 Å². The molecule has 5 rings (SSSR count). The highest BCUT2D eigenvalue weighted by Gasteiger charge is 2.10. The predicted molar refractivity (Wildman–Crippen MR) is 134 cm³/mol. The molecule has 5 heteroatoms. The third-order valence-electron chi connectivity index (χ3n) is 6.01. The SMILES string of the molecule is Clc1ccc(Oc2ccc3oc(-c4ccc(OCCCN5CCCCC5)cc4)cc3c2)cc1. The summed E-state index contributed by atoms with van der Waals surface area (Å²) in [5.41, 5.74) is 1.85. The van der Waals surface area contributed by atoms with Gasteiger partial charge in [-0.1, -0.05) is 18.0 Å². The largest absolute Gasteiger partial charge is 0.494 e. The van der Waals surface area contributed by atoms with Gasteiger partial charge in [-0.25, -0.2) is 0 Å². The minimum absolute atomic E-state index is 0.686. The minimum Gasteiger partial charge on any atom is -0.494 e. The maximum atomic E-state index is 6.06. The van der Waals surface area contributed by atoms with Crippen LogP contribution in [0.25, 0.3) is 22.3 Å². The number of halogens is 1. The lowest BCUT2D eigenvalue weighted by Crippen LogP contribution is -2.31. The van der Waals surface area contributed by atoms with E-state index in [1.54, 1.807) is 0 Å². The van der Waals surface area contributed by atoms with Crippen molar-refractivity contribution in [1.29, 1.82) is 0 Å². The number of rotatable bonds is 8.